The first-order valence-electron chi connectivity index (χ1n) is 11.4. The minimum atomic E-state index is -0.840. The Balaban J connectivity index is 1.60. The highest BCUT2D eigenvalue weighted by Crippen LogP contribution is 2.65. The molecule has 1 N–H and O–H groups in total. The molecule has 0 aromatic carbocycles. The first-order chi connectivity index (χ1) is 14.9. The maximum absolute atomic E-state index is 14.0. The molecule has 2 saturated heterocycles. The van der Waals surface area contributed by atoms with Crippen LogP contribution in [0.3, 0.4) is 0 Å². The van der Waals surface area contributed by atoms with Crippen LogP contribution in [0.5, 0.6) is 0 Å². The van der Waals surface area contributed by atoms with E-state index in [0.29, 0.717) is 6.54 Å². The van der Waals surface area contributed by atoms with Crippen LogP contribution in [-0.2, 0) is 19.1 Å². The second-order valence-corrected chi connectivity index (χ2v) is 11.3. The highest BCUT2D eigenvalue weighted by atomic mass is 32.2. The van der Waals surface area contributed by atoms with Gasteiger partial charge in [-0.1, -0.05) is 37.5 Å². The lowest BCUT2D eigenvalue weighted by molar-refractivity contribution is -0.152. The number of fused-ring (bicyclic) bond motifs is 2. The summed E-state index contributed by atoms with van der Waals surface area (Å²) < 4.78 is 3.94. The second-order valence-electron chi connectivity index (χ2n) is 9.47. The molecule has 1 spiro atoms. The molecule has 31 heavy (non-hydrogen) atoms. The quantitative estimate of drug-likeness (QED) is 0.522. The zero-order chi connectivity index (χ0) is 21.8. The number of hydrogen-bond acceptors (Lipinski definition) is 6. The lowest BCUT2D eigenvalue weighted by Crippen LogP contribution is -2.56. The third-order valence-corrected chi connectivity index (χ3v) is 9.50. The summed E-state index contributed by atoms with van der Waals surface area (Å²) in [5.74, 6) is -1.99. The molecule has 168 valence electrons. The summed E-state index contributed by atoms with van der Waals surface area (Å²) in [6.07, 6.45) is 13.2. The van der Waals surface area contributed by atoms with Gasteiger partial charge < -0.3 is 19.6 Å². The van der Waals surface area contributed by atoms with Gasteiger partial charge in [-0.05, 0) is 25.8 Å². The van der Waals surface area contributed by atoms with E-state index in [1.807, 2.05) is 36.1 Å². The minimum Gasteiger partial charge on any atom is -0.461 e. The van der Waals surface area contributed by atoms with Gasteiger partial charge in [-0.2, -0.15) is 0 Å². The van der Waals surface area contributed by atoms with E-state index in [4.69, 9.17) is 4.74 Å². The Hall–Kier alpha value is -1.80. The Morgan fingerprint density at radius 2 is 1.87 bits per heavy atom. The van der Waals surface area contributed by atoms with Gasteiger partial charge in [-0.15, -0.1) is 11.8 Å². The number of rotatable bonds is 3. The summed E-state index contributed by atoms with van der Waals surface area (Å²) in [6, 6.07) is -0.531. The summed E-state index contributed by atoms with van der Waals surface area (Å²) in [5, 5.41) is 9.70. The molecule has 1 saturated carbocycles. The maximum Gasteiger partial charge on any atom is 0.311 e. The molecule has 7 nitrogen and oxygen atoms in total. The fraction of sp³-hybridized carbons (Fsp3) is 0.696. The van der Waals surface area contributed by atoms with Crippen LogP contribution in [0.25, 0.3) is 0 Å². The number of hydrogen-bond donors (Lipinski definition) is 1. The van der Waals surface area contributed by atoms with Crippen molar-refractivity contribution in [2.75, 3.05) is 26.3 Å². The summed E-state index contributed by atoms with van der Waals surface area (Å²) >= 11 is 1.55. The highest BCUT2D eigenvalue weighted by molar-refractivity contribution is 8.02. The van der Waals surface area contributed by atoms with Gasteiger partial charge in [0.1, 0.15) is 12.6 Å². The van der Waals surface area contributed by atoms with Crippen LogP contribution >= 0.6 is 11.8 Å². The Morgan fingerprint density at radius 1 is 1.10 bits per heavy atom. The average molecular weight is 447 g/mol. The van der Waals surface area contributed by atoms with Crippen LogP contribution in [-0.4, -0.2) is 80.6 Å². The molecule has 0 bridgehead atoms. The largest absolute Gasteiger partial charge is 0.461 e. The van der Waals surface area contributed by atoms with Crippen LogP contribution in [0, 0.1) is 11.8 Å². The lowest BCUT2D eigenvalue weighted by Gasteiger charge is -2.39. The van der Waals surface area contributed by atoms with Crippen molar-refractivity contribution in [3.8, 4) is 0 Å². The number of cyclic esters (lactones) is 1. The van der Waals surface area contributed by atoms with Gasteiger partial charge in [-0.3, -0.25) is 14.4 Å². The molecule has 5 atom stereocenters. The van der Waals surface area contributed by atoms with Crippen molar-refractivity contribution in [2.24, 2.45) is 11.8 Å². The zero-order valence-corrected chi connectivity index (χ0v) is 18.7. The van der Waals surface area contributed by atoms with Crippen LogP contribution < -0.4 is 0 Å². The van der Waals surface area contributed by atoms with Gasteiger partial charge in [0.2, 0.25) is 11.8 Å². The molecule has 5 aliphatic rings. The van der Waals surface area contributed by atoms with Crippen LogP contribution in [0.1, 0.15) is 39.0 Å². The van der Waals surface area contributed by atoms with Gasteiger partial charge in [0.15, 0.2) is 0 Å². The first-order valence-corrected chi connectivity index (χ1v) is 12.2. The molecular formula is C23H30N2O5S. The van der Waals surface area contributed by atoms with Gasteiger partial charge in [0.25, 0.3) is 0 Å². The second kappa shape index (κ2) is 7.66. The summed E-state index contributed by atoms with van der Waals surface area (Å²) in [7, 11) is 0. The van der Waals surface area contributed by atoms with Crippen LogP contribution in [0.15, 0.2) is 24.3 Å². The molecule has 0 aromatic rings. The number of thioether (sulfide) groups is 1. The molecular weight excluding hydrogens is 416 g/mol. The van der Waals surface area contributed by atoms with E-state index >= 15 is 0 Å². The number of esters is 1. The van der Waals surface area contributed by atoms with Gasteiger partial charge in [-0.25, -0.2) is 0 Å². The molecule has 1 unspecified atom stereocenters. The third-order valence-electron chi connectivity index (χ3n) is 7.70. The van der Waals surface area contributed by atoms with Crippen LogP contribution in [0.2, 0.25) is 0 Å². The number of amides is 2. The molecule has 0 radical (unpaired) electrons. The van der Waals surface area contributed by atoms with E-state index in [1.165, 1.54) is 11.3 Å². The number of likely N-dealkylation sites (tertiary alicyclic amines) is 1. The molecule has 8 heteroatoms. The van der Waals surface area contributed by atoms with Crippen LogP contribution in [0.4, 0.5) is 0 Å². The summed E-state index contributed by atoms with van der Waals surface area (Å²) in [4.78, 5) is 44.2. The van der Waals surface area contributed by atoms with Gasteiger partial charge in [0.05, 0.1) is 23.2 Å². The van der Waals surface area contributed by atoms with E-state index in [-0.39, 0.29) is 43.6 Å². The van der Waals surface area contributed by atoms with Gasteiger partial charge >= 0.3 is 5.97 Å². The van der Waals surface area contributed by atoms with Crippen molar-refractivity contribution in [2.45, 2.75) is 60.6 Å². The number of nitrogens with zero attached hydrogens (tertiary/aromatic N) is 2. The first kappa shape index (κ1) is 21.1. The number of β-amino-alcohol motifs (C(OH)–C–C–N with tert-alkyl or cyclic N) is 1. The van der Waals surface area contributed by atoms with E-state index in [0.717, 1.165) is 25.7 Å². The summed E-state index contributed by atoms with van der Waals surface area (Å²) in [5.41, 5.74) is 0. The number of aliphatic hydroxyl groups is 1. The van der Waals surface area contributed by atoms with Crippen molar-refractivity contribution in [3.63, 3.8) is 0 Å². The van der Waals surface area contributed by atoms with Crippen molar-refractivity contribution in [1.29, 1.82) is 0 Å². The maximum atomic E-state index is 14.0. The molecule has 1 aliphatic carbocycles. The monoisotopic (exact) mass is 446 g/mol. The lowest BCUT2D eigenvalue weighted by atomic mass is 9.75. The van der Waals surface area contributed by atoms with E-state index in [2.05, 4.69) is 0 Å². The van der Waals surface area contributed by atoms with Gasteiger partial charge in [0, 0.05) is 23.9 Å². The Kier molecular flexibility index (Phi) is 5.20. The van der Waals surface area contributed by atoms with Crippen molar-refractivity contribution < 1.29 is 24.2 Å². The molecule has 0 aromatic heterocycles. The Morgan fingerprint density at radius 3 is 2.61 bits per heavy atom. The molecule has 3 fully saturated rings. The third kappa shape index (κ3) is 3.01. The van der Waals surface area contributed by atoms with E-state index < -0.39 is 27.4 Å². The smallest absolute Gasteiger partial charge is 0.311 e. The Labute approximate surface area is 186 Å². The Bertz CT molecular complexity index is 853. The topological polar surface area (TPSA) is 87.1 Å². The highest BCUT2D eigenvalue weighted by Gasteiger charge is 2.74. The summed E-state index contributed by atoms with van der Waals surface area (Å²) in [6.45, 7) is 2.57. The molecule has 2 amide bonds. The van der Waals surface area contributed by atoms with E-state index in [1.54, 1.807) is 11.8 Å². The normalized spacial score (nSPS) is 40.3. The molecule has 4 heterocycles. The fourth-order valence-electron chi connectivity index (χ4n) is 6.44. The SMILES string of the molecule is C[C@]12C=CCOC(=O)[C@H]1[C@H]1C(=O)N(CCO)C3C(=O)N(C4CCCCC4)CC=C[C@@]31S2. The number of aliphatic hydroxyl groups excluding tert-OH is 1. The number of carbonyl (C=O) groups is 3. The fourth-order valence-corrected chi connectivity index (χ4v) is 8.59. The minimum absolute atomic E-state index is 0.0499. The average Bonchev–Trinajstić information content (AvgIpc) is 3.00. The number of carbonyl (C=O) groups excluding carboxylic acids is 3. The predicted octanol–water partition coefficient (Wildman–Crippen LogP) is 1.51. The zero-order valence-electron chi connectivity index (χ0n) is 17.9. The standard InChI is InChI=1S/C23H30N2O5S/c1-22-9-6-14-30-21(29)17(22)16-19(27)25(12-13-26)18-20(28)24(15-7-3-2-4-8-15)11-5-10-23(16,18)31-22/h5-6,9-10,15-18,26H,2-4,7-8,11-14H2,1H3/t16-,17+,18?,22-,23-/m0/s1. The van der Waals surface area contributed by atoms with Crippen molar-refractivity contribution >= 4 is 29.5 Å². The predicted molar refractivity (Wildman–Crippen MR) is 116 cm³/mol. The number of ether oxygens (including phenoxy) is 1. The molecule has 4 aliphatic heterocycles. The van der Waals surface area contributed by atoms with Crippen molar-refractivity contribution in [3.05, 3.63) is 24.3 Å². The van der Waals surface area contributed by atoms with E-state index in [9.17, 15) is 19.5 Å². The molecule has 5 rings (SSSR count). The van der Waals surface area contributed by atoms with Crippen molar-refractivity contribution in [1.82, 2.24) is 9.80 Å².